The third-order valence-electron chi connectivity index (χ3n) is 24.0. The van der Waals surface area contributed by atoms with E-state index in [1.807, 2.05) is 0 Å². The van der Waals surface area contributed by atoms with Gasteiger partial charge in [-0.3, -0.25) is 4.90 Å². The van der Waals surface area contributed by atoms with Crippen LogP contribution in [0.1, 0.15) is 128 Å². The van der Waals surface area contributed by atoms with Crippen molar-refractivity contribution in [3.05, 3.63) is 0 Å². The maximum Gasteiger partial charge on any atom is 0.0283 e. The number of nitrogens with one attached hydrogen (secondary N) is 3. The van der Waals surface area contributed by atoms with Gasteiger partial charge in [0.25, 0.3) is 0 Å². The molecule has 15 fully saturated rings. The minimum Gasteiger partial charge on any atom is -0.309 e. The van der Waals surface area contributed by atoms with Crippen molar-refractivity contribution >= 4 is 0 Å². The van der Waals surface area contributed by atoms with Gasteiger partial charge >= 0.3 is 0 Å². The van der Waals surface area contributed by atoms with Crippen LogP contribution in [0.25, 0.3) is 0 Å². The fourth-order valence-electron chi connectivity index (χ4n) is 23.4. The van der Waals surface area contributed by atoms with Crippen molar-refractivity contribution in [2.24, 2.45) is 118 Å². The lowest BCUT2D eigenvalue weighted by Crippen LogP contribution is -2.81. The van der Waals surface area contributed by atoms with Gasteiger partial charge in [-0.15, -0.1) is 0 Å². The number of likely N-dealkylation sites (N-methyl/N-ethyl adjacent to an activating group) is 1. The smallest absolute Gasteiger partial charge is 0.0283 e. The highest BCUT2D eigenvalue weighted by Crippen LogP contribution is 2.70. The third kappa shape index (κ3) is 3.89. The highest BCUT2D eigenvalue weighted by atomic mass is 15.2. The molecular formula is C49H74N4. The highest BCUT2D eigenvalue weighted by molar-refractivity contribution is 5.24. The first-order valence-corrected chi connectivity index (χ1v) is 25.2. The molecule has 5 heterocycles. The van der Waals surface area contributed by atoms with Crippen LogP contribution in [0.5, 0.6) is 0 Å². The summed E-state index contributed by atoms with van der Waals surface area (Å²) in [5.41, 5.74) is 0. The van der Waals surface area contributed by atoms with Gasteiger partial charge in [0.2, 0.25) is 0 Å². The summed E-state index contributed by atoms with van der Waals surface area (Å²) in [6.07, 6.45) is 31.5. The summed E-state index contributed by atoms with van der Waals surface area (Å²) < 4.78 is 0. The summed E-state index contributed by atoms with van der Waals surface area (Å²) in [5.74, 6) is 20.3. The molecule has 5 aliphatic heterocycles. The Balaban J connectivity index is 0.911. The fraction of sp³-hybridized carbons (Fsp3) is 1.00. The van der Waals surface area contributed by atoms with Gasteiger partial charge in [-0.25, -0.2) is 0 Å². The van der Waals surface area contributed by atoms with Crippen molar-refractivity contribution in [2.45, 2.75) is 177 Å². The number of piperidine rings is 4. The standard InChI is InChI=1S/C49H74N4/c1-53-35-19-17-31-29-7-3-5-25-21-27-11-8-22-12-14-32(44-40(22)39(27)43(37(25)29)48(52-44)49(31)53)34-18-16-30-28-6-2-4-24-20-26-10-9-23-13-15-33(35)45-41(23)38(26)42(36(24)28)47(51-45)46(30)50-34/h22-52H,2-21H2,1H3/t22?,23?,24?,25?,26?,27?,28-,29-,30+,31+,32+,33+,34-,35-,36?,37?,38?,39?,40?,41?,42?,43?,44-,45-,46+,47-,48-,49+/m0/s1. The molecule has 0 amide bonds. The van der Waals surface area contributed by atoms with E-state index in [4.69, 9.17) is 16.0 Å². The average Bonchev–Trinajstić information content (AvgIpc) is 3.20. The molecule has 0 spiro atoms. The van der Waals surface area contributed by atoms with Gasteiger partial charge in [0, 0.05) is 48.3 Å². The highest BCUT2D eigenvalue weighted by Gasteiger charge is 2.70. The van der Waals surface area contributed by atoms with E-state index in [1.54, 1.807) is 103 Å². The topological polar surface area (TPSA) is 39.3 Å². The van der Waals surface area contributed by atoms with E-state index in [9.17, 15) is 0 Å². The van der Waals surface area contributed by atoms with E-state index in [2.05, 4.69) is 11.9 Å². The number of hydrogen-bond acceptors (Lipinski definition) is 4. The van der Waals surface area contributed by atoms with E-state index in [0.29, 0.717) is 0 Å². The van der Waals surface area contributed by atoms with Crippen LogP contribution in [0.2, 0.25) is 0 Å². The lowest BCUT2D eigenvalue weighted by Gasteiger charge is -2.73. The summed E-state index contributed by atoms with van der Waals surface area (Å²) in [4.78, 5) is 3.25. The average molecular weight is 719 g/mol. The molecule has 4 heteroatoms. The lowest BCUT2D eigenvalue weighted by atomic mass is 9.38. The Kier molecular flexibility index (Phi) is 6.66. The number of hydrogen-bond donors (Lipinski definition) is 3. The first kappa shape index (κ1) is 31.8. The van der Waals surface area contributed by atoms with Crippen LogP contribution in [0.4, 0.5) is 0 Å². The molecule has 10 aliphatic carbocycles. The third-order valence-corrected chi connectivity index (χ3v) is 24.0. The molecule has 0 radical (unpaired) electrons. The van der Waals surface area contributed by atoms with E-state index in [0.717, 1.165) is 167 Å². The van der Waals surface area contributed by atoms with Crippen molar-refractivity contribution in [2.75, 3.05) is 7.05 Å². The van der Waals surface area contributed by atoms with Gasteiger partial charge in [-0.05, 0) is 228 Å². The molecule has 14 unspecified atom stereocenters. The first-order chi connectivity index (χ1) is 26.2. The number of nitrogens with zero attached hydrogens (tertiary/aromatic N) is 1. The molecule has 4 nitrogen and oxygen atoms in total. The molecule has 0 aromatic heterocycles. The van der Waals surface area contributed by atoms with Crippen molar-refractivity contribution in [1.82, 2.24) is 20.9 Å². The Morgan fingerprint density at radius 3 is 1.62 bits per heavy atom. The van der Waals surface area contributed by atoms with Gasteiger partial charge < -0.3 is 16.0 Å². The minimum atomic E-state index is 0.756. The van der Waals surface area contributed by atoms with Crippen LogP contribution in [0.15, 0.2) is 0 Å². The fourth-order valence-corrected chi connectivity index (χ4v) is 23.4. The normalized spacial score (nSPS) is 68.5. The van der Waals surface area contributed by atoms with Gasteiger partial charge in [0.15, 0.2) is 0 Å². The summed E-state index contributed by atoms with van der Waals surface area (Å²) in [6.45, 7) is 0. The zero-order valence-corrected chi connectivity index (χ0v) is 33.3. The van der Waals surface area contributed by atoms with Crippen molar-refractivity contribution < 1.29 is 0 Å². The summed E-state index contributed by atoms with van der Waals surface area (Å²) in [5, 5.41) is 14.8. The van der Waals surface area contributed by atoms with Crippen molar-refractivity contribution in [3.8, 4) is 0 Å². The molecule has 290 valence electrons. The van der Waals surface area contributed by atoms with E-state index in [1.165, 1.54) is 25.7 Å². The summed E-state index contributed by atoms with van der Waals surface area (Å²) in [7, 11) is 2.76. The molecule has 3 N–H and O–H groups in total. The molecule has 8 bridgehead atoms. The lowest BCUT2D eigenvalue weighted by molar-refractivity contribution is -0.219. The number of fused-ring (bicyclic) bond motifs is 6. The first-order valence-electron chi connectivity index (χ1n) is 25.2. The molecule has 0 aromatic rings. The molecular weight excluding hydrogens is 645 g/mol. The second kappa shape index (κ2) is 11.1. The van der Waals surface area contributed by atoms with Gasteiger partial charge in [0.1, 0.15) is 0 Å². The second-order valence-corrected chi connectivity index (χ2v) is 24.4. The molecule has 5 saturated heterocycles. The van der Waals surface area contributed by atoms with Crippen LogP contribution in [0, 0.1) is 118 Å². The Morgan fingerprint density at radius 1 is 0.340 bits per heavy atom. The monoisotopic (exact) mass is 719 g/mol. The van der Waals surface area contributed by atoms with Crippen LogP contribution in [-0.2, 0) is 0 Å². The largest absolute Gasteiger partial charge is 0.309 e. The number of rotatable bonds is 0. The zero-order valence-electron chi connectivity index (χ0n) is 33.3. The maximum absolute atomic E-state index is 4.96. The molecule has 28 atom stereocenters. The SMILES string of the molecule is CN1[C@@H]2[C@@H]3CC[C@H]1[C@H]1CCC4CCC5CC6CCC[C@@H]7C6C6C5C4[C@H]1N[C@@H]6[C@@H]1N[C@@H](CC[C@@H]17)[C@H]1CCC4CCC5CC6CCC[C@@H]3C6C3C5C4[C@H]1N[C@@H]32. The van der Waals surface area contributed by atoms with Crippen LogP contribution in [0.3, 0.4) is 0 Å². The Labute approximate surface area is 322 Å². The maximum atomic E-state index is 4.96. The van der Waals surface area contributed by atoms with Crippen LogP contribution in [-0.4, -0.2) is 60.3 Å². The summed E-state index contributed by atoms with van der Waals surface area (Å²) in [6, 6.07) is 6.29. The van der Waals surface area contributed by atoms with Crippen molar-refractivity contribution in [3.63, 3.8) is 0 Å². The van der Waals surface area contributed by atoms with Gasteiger partial charge in [-0.2, -0.15) is 0 Å². The Hall–Kier alpha value is -0.160. The minimum absolute atomic E-state index is 0.756. The molecule has 15 rings (SSSR count). The predicted octanol–water partition coefficient (Wildman–Crippen LogP) is 7.97. The molecule has 53 heavy (non-hydrogen) atoms. The van der Waals surface area contributed by atoms with Gasteiger partial charge in [0.05, 0.1) is 0 Å². The van der Waals surface area contributed by atoms with Crippen molar-refractivity contribution in [1.29, 1.82) is 0 Å². The molecule has 0 aromatic carbocycles. The van der Waals surface area contributed by atoms with E-state index in [-0.39, 0.29) is 0 Å². The molecule has 15 aliphatic rings. The predicted molar refractivity (Wildman–Crippen MR) is 210 cm³/mol. The summed E-state index contributed by atoms with van der Waals surface area (Å²) >= 11 is 0. The quantitative estimate of drug-likeness (QED) is 0.238. The zero-order chi connectivity index (χ0) is 34.0. The molecule has 10 saturated carbocycles. The Morgan fingerprint density at radius 2 is 0.887 bits per heavy atom. The van der Waals surface area contributed by atoms with E-state index >= 15 is 0 Å². The van der Waals surface area contributed by atoms with Crippen LogP contribution >= 0.6 is 0 Å². The van der Waals surface area contributed by atoms with Crippen LogP contribution < -0.4 is 16.0 Å². The Bertz CT molecular complexity index is 1510. The van der Waals surface area contributed by atoms with Gasteiger partial charge in [-0.1, -0.05) is 25.7 Å². The second-order valence-electron chi connectivity index (χ2n) is 24.4. The van der Waals surface area contributed by atoms with E-state index < -0.39 is 0 Å².